The molecular formula is C12H17N. The van der Waals surface area contributed by atoms with Gasteiger partial charge in [0.2, 0.25) is 0 Å². The molecule has 0 amide bonds. The zero-order valence-electron chi connectivity index (χ0n) is 8.46. The van der Waals surface area contributed by atoms with Crippen molar-refractivity contribution in [2.75, 3.05) is 19.6 Å². The van der Waals surface area contributed by atoms with E-state index in [1.54, 1.807) is 0 Å². The highest BCUT2D eigenvalue weighted by molar-refractivity contribution is 5.27. The van der Waals surface area contributed by atoms with Crippen LogP contribution in [0.4, 0.5) is 0 Å². The maximum absolute atomic E-state index is 3.22. The molecule has 13 heavy (non-hydrogen) atoms. The number of hydrogen-bond donors (Lipinski definition) is 0. The van der Waals surface area contributed by atoms with Gasteiger partial charge in [0.05, 0.1) is 12.5 Å². The van der Waals surface area contributed by atoms with Crippen LogP contribution in [-0.2, 0) is 0 Å². The second-order valence-electron chi connectivity index (χ2n) is 3.08. The van der Waals surface area contributed by atoms with Crippen molar-refractivity contribution in [3.63, 3.8) is 0 Å². The van der Waals surface area contributed by atoms with Gasteiger partial charge in [-0.3, -0.25) is 4.90 Å². The first-order valence-electron chi connectivity index (χ1n) is 4.92. The van der Waals surface area contributed by atoms with E-state index in [0.717, 1.165) is 19.6 Å². The molecule has 0 saturated heterocycles. The molecule has 0 saturated carbocycles. The fraction of sp³-hybridized carbons (Fsp3) is 0.500. The summed E-state index contributed by atoms with van der Waals surface area (Å²) in [4.78, 5) is 2.31. The van der Waals surface area contributed by atoms with Crippen molar-refractivity contribution in [2.45, 2.75) is 13.8 Å². The van der Waals surface area contributed by atoms with E-state index in [1.165, 1.54) is 0 Å². The summed E-state index contributed by atoms with van der Waals surface area (Å²) in [6.07, 6.45) is 8.35. The molecule has 1 heteroatoms. The summed E-state index contributed by atoms with van der Waals surface area (Å²) < 4.78 is 0. The van der Waals surface area contributed by atoms with Gasteiger partial charge < -0.3 is 0 Å². The zero-order chi connectivity index (χ0) is 9.52. The highest BCUT2D eigenvalue weighted by Crippen LogP contribution is 2.06. The van der Waals surface area contributed by atoms with Gasteiger partial charge in [0, 0.05) is 0 Å². The van der Waals surface area contributed by atoms with Crippen LogP contribution in [0.25, 0.3) is 0 Å². The van der Waals surface area contributed by atoms with Crippen LogP contribution in [0.1, 0.15) is 13.8 Å². The quantitative estimate of drug-likeness (QED) is 0.594. The minimum absolute atomic E-state index is 0.357. The van der Waals surface area contributed by atoms with Crippen LogP contribution in [0.3, 0.4) is 0 Å². The Bertz CT molecular complexity index is 236. The Labute approximate surface area is 81.1 Å². The largest absolute Gasteiger partial charge is 0.293 e. The van der Waals surface area contributed by atoms with E-state index in [0.29, 0.717) is 5.92 Å². The molecule has 1 rings (SSSR count). The van der Waals surface area contributed by atoms with Crippen molar-refractivity contribution in [2.24, 2.45) is 5.92 Å². The molecule has 0 atom stereocenters. The van der Waals surface area contributed by atoms with Crippen LogP contribution < -0.4 is 0 Å². The van der Waals surface area contributed by atoms with Crippen molar-refractivity contribution >= 4 is 0 Å². The molecule has 0 unspecified atom stereocenters. The molecule has 1 aliphatic carbocycles. The van der Waals surface area contributed by atoms with Crippen molar-refractivity contribution in [3.05, 3.63) is 24.3 Å². The maximum atomic E-state index is 3.22. The van der Waals surface area contributed by atoms with Gasteiger partial charge in [-0.25, -0.2) is 0 Å². The van der Waals surface area contributed by atoms with Gasteiger partial charge in [0.1, 0.15) is 0 Å². The highest BCUT2D eigenvalue weighted by Gasteiger charge is 1.97. The molecule has 0 aromatic heterocycles. The Hall–Kier alpha value is -1.00. The molecule has 0 spiro atoms. The van der Waals surface area contributed by atoms with Gasteiger partial charge in [-0.1, -0.05) is 50.0 Å². The monoisotopic (exact) mass is 175 g/mol. The van der Waals surface area contributed by atoms with Crippen molar-refractivity contribution < 1.29 is 0 Å². The third kappa shape index (κ3) is 3.48. The van der Waals surface area contributed by atoms with Crippen molar-refractivity contribution in [1.82, 2.24) is 4.90 Å². The van der Waals surface area contributed by atoms with Crippen LogP contribution in [0.5, 0.6) is 0 Å². The molecule has 0 aliphatic heterocycles. The van der Waals surface area contributed by atoms with E-state index < -0.39 is 0 Å². The summed E-state index contributed by atoms with van der Waals surface area (Å²) >= 11 is 0. The summed E-state index contributed by atoms with van der Waals surface area (Å²) in [5.41, 5.74) is 0. The normalized spacial score (nSPS) is 15.0. The van der Waals surface area contributed by atoms with Crippen LogP contribution in [0.2, 0.25) is 0 Å². The average molecular weight is 175 g/mol. The first kappa shape index (κ1) is 10.1. The van der Waals surface area contributed by atoms with Gasteiger partial charge >= 0.3 is 0 Å². The van der Waals surface area contributed by atoms with Crippen molar-refractivity contribution in [1.29, 1.82) is 0 Å². The van der Waals surface area contributed by atoms with Gasteiger partial charge in [0.25, 0.3) is 0 Å². The third-order valence-corrected chi connectivity index (χ3v) is 2.21. The van der Waals surface area contributed by atoms with Gasteiger partial charge in [-0.15, -0.1) is 0 Å². The topological polar surface area (TPSA) is 3.24 Å². The molecule has 0 bridgehead atoms. The van der Waals surface area contributed by atoms with E-state index in [4.69, 9.17) is 0 Å². The lowest BCUT2D eigenvalue weighted by molar-refractivity contribution is 0.342. The number of nitrogens with zero attached hydrogens (tertiary/aromatic N) is 1. The SMILES string of the molecule is CCN(CC)CC#CC1C=CC=C1. The highest BCUT2D eigenvalue weighted by atomic mass is 15.1. The summed E-state index contributed by atoms with van der Waals surface area (Å²) in [5, 5.41) is 0. The second-order valence-corrected chi connectivity index (χ2v) is 3.08. The average Bonchev–Trinajstić information content (AvgIpc) is 2.65. The second kappa shape index (κ2) is 5.61. The predicted molar refractivity (Wildman–Crippen MR) is 57.3 cm³/mol. The smallest absolute Gasteiger partial charge is 0.0601 e. The van der Waals surface area contributed by atoms with Crippen LogP contribution >= 0.6 is 0 Å². The van der Waals surface area contributed by atoms with Gasteiger partial charge in [-0.2, -0.15) is 0 Å². The fourth-order valence-corrected chi connectivity index (χ4v) is 1.25. The summed E-state index contributed by atoms with van der Waals surface area (Å²) in [5.74, 6) is 6.78. The third-order valence-electron chi connectivity index (χ3n) is 2.21. The van der Waals surface area contributed by atoms with Crippen LogP contribution in [0.15, 0.2) is 24.3 Å². The molecule has 0 heterocycles. The Kier molecular flexibility index (Phi) is 4.35. The van der Waals surface area contributed by atoms with Crippen molar-refractivity contribution in [3.8, 4) is 11.8 Å². The van der Waals surface area contributed by atoms with Gasteiger partial charge in [0.15, 0.2) is 0 Å². The predicted octanol–water partition coefficient (Wildman–Crippen LogP) is 2.07. The molecule has 0 N–H and O–H groups in total. The van der Waals surface area contributed by atoms with Gasteiger partial charge in [-0.05, 0) is 13.1 Å². The molecule has 0 aromatic rings. The summed E-state index contributed by atoms with van der Waals surface area (Å²) in [6.45, 7) is 7.40. The standard InChI is InChI=1S/C12H17N/c1-3-13(4-2)11-7-10-12-8-5-6-9-12/h5-6,8-9,12H,3-4,11H2,1-2H3. The van der Waals surface area contributed by atoms with E-state index in [9.17, 15) is 0 Å². The Morgan fingerprint density at radius 2 is 1.77 bits per heavy atom. The summed E-state index contributed by atoms with van der Waals surface area (Å²) in [6, 6.07) is 0. The minimum Gasteiger partial charge on any atom is -0.293 e. The zero-order valence-corrected chi connectivity index (χ0v) is 8.46. The number of hydrogen-bond acceptors (Lipinski definition) is 1. The molecule has 1 aliphatic rings. The lowest BCUT2D eigenvalue weighted by Crippen LogP contribution is -2.22. The molecule has 1 nitrogen and oxygen atoms in total. The molecule has 0 fully saturated rings. The molecular weight excluding hydrogens is 158 g/mol. The molecule has 70 valence electrons. The number of rotatable bonds is 3. The van der Waals surface area contributed by atoms with E-state index in [-0.39, 0.29) is 0 Å². The molecule has 0 radical (unpaired) electrons. The van der Waals surface area contributed by atoms with E-state index in [1.807, 2.05) is 0 Å². The summed E-state index contributed by atoms with van der Waals surface area (Å²) in [7, 11) is 0. The first-order chi connectivity index (χ1) is 6.36. The lowest BCUT2D eigenvalue weighted by atomic mass is 10.2. The Morgan fingerprint density at radius 1 is 1.15 bits per heavy atom. The Balaban J connectivity index is 2.30. The van der Waals surface area contributed by atoms with E-state index in [2.05, 4.69) is 54.9 Å². The van der Waals surface area contributed by atoms with E-state index >= 15 is 0 Å². The first-order valence-corrected chi connectivity index (χ1v) is 4.92. The van der Waals surface area contributed by atoms with Crippen LogP contribution in [-0.4, -0.2) is 24.5 Å². The lowest BCUT2D eigenvalue weighted by Gasteiger charge is -2.13. The van der Waals surface area contributed by atoms with Crippen LogP contribution in [0, 0.1) is 17.8 Å². The fourth-order valence-electron chi connectivity index (χ4n) is 1.25. The Morgan fingerprint density at radius 3 is 2.31 bits per heavy atom. The minimum atomic E-state index is 0.357. The molecule has 0 aromatic carbocycles. The maximum Gasteiger partial charge on any atom is 0.0601 e. The number of allylic oxidation sites excluding steroid dienone is 4.